The zero-order valence-electron chi connectivity index (χ0n) is 5.49. The highest BCUT2D eigenvalue weighted by molar-refractivity contribution is 5.89. The number of oxime groups is 1. The summed E-state index contributed by atoms with van der Waals surface area (Å²) in [5.74, 6) is 0.213. The predicted octanol–water partition coefficient (Wildman–Crippen LogP) is 0.0160. The van der Waals surface area contributed by atoms with Crippen LogP contribution in [0.1, 0.15) is 7.43 Å². The second kappa shape index (κ2) is 3.19. The van der Waals surface area contributed by atoms with E-state index in [0.29, 0.717) is 13.2 Å². The van der Waals surface area contributed by atoms with Gasteiger partial charge in [-0.2, -0.15) is 0 Å². The van der Waals surface area contributed by atoms with Crippen LogP contribution < -0.4 is 0 Å². The summed E-state index contributed by atoms with van der Waals surface area (Å²) >= 11 is 0. The Hall–Kier alpha value is -0.610. The van der Waals surface area contributed by atoms with Crippen LogP contribution in [0.5, 0.6) is 0 Å². The Morgan fingerprint density at radius 1 is 1.55 bits per heavy atom. The Bertz CT molecular complexity index is 169. The summed E-state index contributed by atoms with van der Waals surface area (Å²) in [6, 6.07) is 0. The van der Waals surface area contributed by atoms with E-state index in [-0.39, 0.29) is 26.1 Å². The van der Waals surface area contributed by atoms with E-state index >= 15 is 0 Å². The quantitative estimate of drug-likeness (QED) is 0.586. The Labute approximate surface area is 65.8 Å². The number of aliphatic hydroxyl groups is 1. The molecule has 0 aliphatic carbocycles. The largest absolute Gasteiger partial charge is 0.390 e. The molecule has 0 radical (unpaired) electrons. The molecule has 0 aromatic rings. The van der Waals surface area contributed by atoms with Gasteiger partial charge in [-0.15, -0.1) is 0 Å². The molecule has 64 valence electrons. The van der Waals surface area contributed by atoms with Gasteiger partial charge in [-0.3, -0.25) is 0 Å². The van der Waals surface area contributed by atoms with Crippen molar-refractivity contribution in [3.63, 3.8) is 0 Å². The van der Waals surface area contributed by atoms with Crippen molar-refractivity contribution < 1.29 is 14.7 Å². The van der Waals surface area contributed by atoms with Crippen molar-refractivity contribution in [3.8, 4) is 0 Å². The highest BCUT2D eigenvalue weighted by Crippen LogP contribution is 2.24. The lowest BCUT2D eigenvalue weighted by Gasteiger charge is -2.02. The minimum Gasteiger partial charge on any atom is -0.390 e. The monoisotopic (exact) mass is 159 g/mol. The van der Waals surface area contributed by atoms with Crippen molar-refractivity contribution in [1.29, 1.82) is 0 Å². The smallest absolute Gasteiger partial charge is 0.161 e. The molecule has 1 saturated heterocycles. The van der Waals surface area contributed by atoms with Crippen LogP contribution in [0.4, 0.5) is 0 Å². The molecule has 4 nitrogen and oxygen atoms in total. The maximum atomic E-state index is 8.75. The number of hydrogen-bond acceptors (Lipinski definition) is 4. The van der Waals surface area contributed by atoms with Gasteiger partial charge in [0, 0.05) is 0 Å². The predicted molar refractivity (Wildman–Crippen MR) is 40.4 cm³/mol. The number of aliphatic hydroxyl groups excluding tert-OH is 1. The molecule has 2 heterocycles. The third-order valence-corrected chi connectivity index (χ3v) is 1.92. The number of ether oxygens (including phenoxy) is 1. The third-order valence-electron chi connectivity index (χ3n) is 1.92. The molecule has 0 aromatic carbocycles. The van der Waals surface area contributed by atoms with E-state index in [2.05, 4.69) is 5.16 Å². The molecular weight excluding hydrogens is 146 g/mol. The summed E-state index contributed by atoms with van der Waals surface area (Å²) < 4.78 is 5.13. The molecule has 0 bridgehead atoms. The fourth-order valence-electron chi connectivity index (χ4n) is 1.30. The summed E-state index contributed by atoms with van der Waals surface area (Å²) in [7, 11) is 0. The Morgan fingerprint density at radius 3 is 3.09 bits per heavy atom. The highest BCUT2D eigenvalue weighted by atomic mass is 16.7. The maximum absolute atomic E-state index is 8.75. The molecule has 2 aliphatic heterocycles. The van der Waals surface area contributed by atoms with Gasteiger partial charge in [0.05, 0.1) is 31.5 Å². The molecule has 0 amide bonds. The molecule has 0 unspecified atom stereocenters. The van der Waals surface area contributed by atoms with Crippen LogP contribution in [-0.4, -0.2) is 36.7 Å². The van der Waals surface area contributed by atoms with E-state index in [0.717, 1.165) is 5.71 Å². The molecule has 0 saturated carbocycles. The molecule has 0 aromatic heterocycles. The minimum atomic E-state index is -0.00940. The number of fused-ring (bicyclic) bond motifs is 1. The van der Waals surface area contributed by atoms with E-state index in [9.17, 15) is 0 Å². The van der Waals surface area contributed by atoms with Gasteiger partial charge in [-0.05, 0) is 0 Å². The normalized spacial score (nSPS) is 33.7. The van der Waals surface area contributed by atoms with Gasteiger partial charge in [0.25, 0.3) is 0 Å². The second-order valence-corrected chi connectivity index (χ2v) is 2.53. The average molecular weight is 159 g/mol. The third kappa shape index (κ3) is 1.23. The van der Waals surface area contributed by atoms with E-state index < -0.39 is 0 Å². The molecule has 1 fully saturated rings. The average Bonchev–Trinajstić information content (AvgIpc) is 2.44. The standard InChI is InChI=1S/C6H9NO3.CH4/c8-1-5-4-2-9-3-6(4)10-7-5;/h4,6,8H,1-3H2;1H4/t4-,6-;/m1./s1. The van der Waals surface area contributed by atoms with Gasteiger partial charge >= 0.3 is 0 Å². The van der Waals surface area contributed by atoms with Crippen molar-refractivity contribution in [1.82, 2.24) is 0 Å². The van der Waals surface area contributed by atoms with Crippen LogP contribution in [0.15, 0.2) is 5.16 Å². The molecule has 2 rings (SSSR count). The van der Waals surface area contributed by atoms with Crippen LogP contribution in [0.2, 0.25) is 0 Å². The van der Waals surface area contributed by atoms with Gasteiger partial charge in [-0.1, -0.05) is 12.6 Å². The van der Waals surface area contributed by atoms with Crippen LogP contribution in [0.25, 0.3) is 0 Å². The number of hydrogen-bond donors (Lipinski definition) is 1. The Balaban J connectivity index is 0.000000605. The Morgan fingerprint density at radius 2 is 2.36 bits per heavy atom. The van der Waals surface area contributed by atoms with Gasteiger partial charge < -0.3 is 14.7 Å². The second-order valence-electron chi connectivity index (χ2n) is 2.53. The van der Waals surface area contributed by atoms with Crippen LogP contribution >= 0.6 is 0 Å². The first-order chi connectivity index (χ1) is 4.92. The molecular formula is C7H13NO3. The Kier molecular flexibility index (Phi) is 2.46. The first-order valence-corrected chi connectivity index (χ1v) is 3.33. The molecule has 4 heteroatoms. The van der Waals surface area contributed by atoms with Crippen LogP contribution in [-0.2, 0) is 9.57 Å². The maximum Gasteiger partial charge on any atom is 0.161 e. The summed E-state index contributed by atoms with van der Waals surface area (Å²) in [5.41, 5.74) is 0.725. The summed E-state index contributed by atoms with van der Waals surface area (Å²) in [6.07, 6.45) is 0.0714. The van der Waals surface area contributed by atoms with Gasteiger partial charge in [0.15, 0.2) is 6.10 Å². The molecule has 11 heavy (non-hydrogen) atoms. The van der Waals surface area contributed by atoms with Crippen molar-refractivity contribution in [2.75, 3.05) is 19.8 Å². The lowest BCUT2D eigenvalue weighted by atomic mass is 10.0. The van der Waals surface area contributed by atoms with Crippen molar-refractivity contribution in [2.24, 2.45) is 11.1 Å². The minimum absolute atomic E-state index is 0. The topological polar surface area (TPSA) is 51.1 Å². The van der Waals surface area contributed by atoms with E-state index in [1.54, 1.807) is 0 Å². The summed E-state index contributed by atoms with van der Waals surface area (Å²) in [5, 5.41) is 12.5. The lowest BCUT2D eigenvalue weighted by Crippen LogP contribution is -2.23. The lowest BCUT2D eigenvalue weighted by molar-refractivity contribution is 0.0557. The van der Waals surface area contributed by atoms with Crippen LogP contribution in [0, 0.1) is 5.92 Å². The zero-order chi connectivity index (χ0) is 6.97. The first-order valence-electron chi connectivity index (χ1n) is 3.33. The molecule has 2 aliphatic rings. The highest BCUT2D eigenvalue weighted by Gasteiger charge is 2.38. The molecule has 2 atom stereocenters. The van der Waals surface area contributed by atoms with Crippen molar-refractivity contribution >= 4 is 5.71 Å². The van der Waals surface area contributed by atoms with E-state index in [1.165, 1.54) is 0 Å². The van der Waals surface area contributed by atoms with E-state index in [4.69, 9.17) is 14.7 Å². The fraction of sp³-hybridized carbons (Fsp3) is 0.857. The first kappa shape index (κ1) is 8.49. The van der Waals surface area contributed by atoms with Gasteiger partial charge in [0.2, 0.25) is 0 Å². The number of rotatable bonds is 1. The summed E-state index contributed by atoms with van der Waals surface area (Å²) in [6.45, 7) is 1.24. The molecule has 1 N–H and O–H groups in total. The van der Waals surface area contributed by atoms with Gasteiger partial charge in [0.1, 0.15) is 0 Å². The van der Waals surface area contributed by atoms with Crippen molar-refractivity contribution in [2.45, 2.75) is 13.5 Å². The molecule has 0 spiro atoms. The zero-order valence-corrected chi connectivity index (χ0v) is 5.49. The summed E-state index contributed by atoms with van der Waals surface area (Å²) in [4.78, 5) is 4.98. The fourth-order valence-corrected chi connectivity index (χ4v) is 1.30. The van der Waals surface area contributed by atoms with E-state index in [1.807, 2.05) is 0 Å². The van der Waals surface area contributed by atoms with Crippen molar-refractivity contribution in [3.05, 3.63) is 0 Å². The van der Waals surface area contributed by atoms with Gasteiger partial charge in [-0.25, -0.2) is 0 Å². The SMILES string of the molecule is C.OCC1=NO[C@@H]2COC[C@H]12. The number of nitrogens with zero attached hydrogens (tertiary/aromatic N) is 1. The van der Waals surface area contributed by atoms with Crippen LogP contribution in [0.3, 0.4) is 0 Å².